The van der Waals surface area contributed by atoms with Gasteiger partial charge >= 0.3 is 0 Å². The molecule has 0 saturated carbocycles. The van der Waals surface area contributed by atoms with Gasteiger partial charge in [-0.2, -0.15) is 0 Å². The Hall–Kier alpha value is -0.910. The van der Waals surface area contributed by atoms with E-state index in [-0.39, 0.29) is 0 Å². The maximum Gasteiger partial charge on any atom is 0.0628 e. The summed E-state index contributed by atoms with van der Waals surface area (Å²) in [5.74, 6) is 1.80. The molecule has 88 valence electrons. The molecular weight excluding hydrogens is 192 g/mol. The van der Waals surface area contributed by atoms with Crippen LogP contribution in [-0.4, -0.2) is 0 Å². The minimum Gasteiger partial charge on any atom is -0.0575 e. The van der Waals surface area contributed by atoms with Gasteiger partial charge in [-0.1, -0.05) is 27.7 Å². The zero-order valence-electron chi connectivity index (χ0n) is 11.5. The second kappa shape index (κ2) is 5.43. The lowest BCUT2D eigenvalue weighted by Gasteiger charge is -2.02. The first-order valence-electron chi connectivity index (χ1n) is 6.40. The Morgan fingerprint density at radius 2 is 1.31 bits per heavy atom. The second-order valence-corrected chi connectivity index (χ2v) is 5.59. The van der Waals surface area contributed by atoms with Crippen molar-refractivity contribution in [2.75, 3.05) is 0 Å². The molecule has 0 radical (unpaired) electrons. The van der Waals surface area contributed by atoms with Crippen molar-refractivity contribution in [1.82, 2.24) is 0 Å². The van der Waals surface area contributed by atoms with Crippen LogP contribution in [-0.2, 0) is 0 Å². The monoisotopic (exact) mass is 217 g/mol. The Labute approximate surface area is 101 Å². The van der Waals surface area contributed by atoms with Gasteiger partial charge in [0.05, 0.1) is 11.6 Å². The summed E-state index contributed by atoms with van der Waals surface area (Å²) in [7, 11) is 0. The summed E-state index contributed by atoms with van der Waals surface area (Å²) in [5, 5.41) is 0. The molecule has 16 heavy (non-hydrogen) atoms. The summed E-state index contributed by atoms with van der Waals surface area (Å²) < 4.78 is 0. The molecule has 1 rings (SSSR count). The summed E-state index contributed by atoms with van der Waals surface area (Å²) in [5.41, 5.74) is 4.34. The van der Waals surface area contributed by atoms with E-state index in [0.717, 1.165) is 0 Å². The van der Waals surface area contributed by atoms with Gasteiger partial charge in [0.25, 0.3) is 0 Å². The van der Waals surface area contributed by atoms with E-state index < -0.39 is 0 Å². The van der Waals surface area contributed by atoms with Crippen molar-refractivity contribution in [1.29, 1.82) is 0 Å². The summed E-state index contributed by atoms with van der Waals surface area (Å²) in [6, 6.07) is 9.29. The van der Waals surface area contributed by atoms with Crippen LogP contribution in [0.1, 0.15) is 76.0 Å². The van der Waals surface area contributed by atoms with Crippen LogP contribution in [0.3, 0.4) is 0 Å². The lowest BCUT2D eigenvalue weighted by atomic mass is 9.98. The highest BCUT2D eigenvalue weighted by molar-refractivity contribution is 5.32. The number of hydrogen-bond donors (Lipinski definition) is 0. The molecule has 0 nitrogen and oxygen atoms in total. The van der Waals surface area contributed by atoms with Crippen LogP contribution < -0.4 is 0 Å². The van der Waals surface area contributed by atoms with E-state index in [1.807, 2.05) is 0 Å². The van der Waals surface area contributed by atoms with Crippen LogP contribution in [0.5, 0.6) is 0 Å². The maximum atomic E-state index is 2.36. The molecule has 0 amide bonds. The van der Waals surface area contributed by atoms with Gasteiger partial charge in [0.2, 0.25) is 0 Å². The molecule has 0 aliphatic heterocycles. The number of hydrogen-bond acceptors (Lipinski definition) is 0. The third-order valence-electron chi connectivity index (χ3n) is 3.13. The smallest absolute Gasteiger partial charge is 0.0575 e. The normalized spacial score (nSPS) is 11.6. The van der Waals surface area contributed by atoms with Crippen molar-refractivity contribution in [2.24, 2.45) is 0 Å². The summed E-state index contributed by atoms with van der Waals surface area (Å²) in [4.78, 5) is 0. The standard InChI is InChI=1S/C16H25/c1-11(2)14-7-8-15(12(3)4)10-16(9-14)13(5)6/h7-13H,1-6H3/q+1. The molecule has 0 heterocycles. The molecule has 0 bridgehead atoms. The van der Waals surface area contributed by atoms with E-state index in [1.54, 1.807) is 0 Å². The van der Waals surface area contributed by atoms with Crippen LogP contribution in [0, 0.1) is 0 Å². The van der Waals surface area contributed by atoms with Crippen molar-refractivity contribution >= 4 is 0 Å². The Bertz CT molecular complexity index is 320. The van der Waals surface area contributed by atoms with E-state index in [4.69, 9.17) is 0 Å². The molecule has 0 fully saturated rings. The summed E-state index contributed by atoms with van der Waals surface area (Å²) in [6.45, 7) is 13.6. The van der Waals surface area contributed by atoms with E-state index >= 15 is 0 Å². The van der Waals surface area contributed by atoms with E-state index in [9.17, 15) is 0 Å². The molecule has 0 spiro atoms. The highest BCUT2D eigenvalue weighted by Crippen LogP contribution is 2.24. The van der Waals surface area contributed by atoms with Crippen LogP contribution in [0.25, 0.3) is 0 Å². The van der Waals surface area contributed by atoms with Gasteiger partial charge in [-0.05, 0) is 19.8 Å². The van der Waals surface area contributed by atoms with Gasteiger partial charge < -0.3 is 0 Å². The Morgan fingerprint density at radius 3 is 1.75 bits per heavy atom. The van der Waals surface area contributed by atoms with Gasteiger partial charge in [0, 0.05) is 41.2 Å². The fraction of sp³-hybridized carbons (Fsp3) is 0.562. The average Bonchev–Trinajstić information content (AvgIpc) is 2.39. The van der Waals surface area contributed by atoms with Crippen molar-refractivity contribution < 1.29 is 0 Å². The Kier molecular flexibility index (Phi) is 4.46. The van der Waals surface area contributed by atoms with Crippen LogP contribution in [0.2, 0.25) is 0 Å². The molecule has 1 aromatic carbocycles. The summed E-state index contributed by atoms with van der Waals surface area (Å²) in [6.07, 6.45) is 0. The molecule has 0 heteroatoms. The number of rotatable bonds is 3. The first-order valence-corrected chi connectivity index (χ1v) is 6.40. The van der Waals surface area contributed by atoms with E-state index in [1.165, 1.54) is 16.7 Å². The molecule has 1 aromatic rings. The molecule has 0 unspecified atom stereocenters. The third kappa shape index (κ3) is 3.30. The zero-order valence-corrected chi connectivity index (χ0v) is 11.5. The highest BCUT2D eigenvalue weighted by atomic mass is 14.1. The maximum absolute atomic E-state index is 2.36. The lowest BCUT2D eigenvalue weighted by Crippen LogP contribution is -1.89. The molecule has 0 atom stereocenters. The van der Waals surface area contributed by atoms with Crippen molar-refractivity contribution in [2.45, 2.75) is 59.3 Å². The van der Waals surface area contributed by atoms with Gasteiger partial charge in [0.1, 0.15) is 0 Å². The molecular formula is C16H25+. The second-order valence-electron chi connectivity index (χ2n) is 5.59. The lowest BCUT2D eigenvalue weighted by molar-refractivity contribution is 0.833. The average molecular weight is 217 g/mol. The van der Waals surface area contributed by atoms with E-state index in [0.29, 0.717) is 17.8 Å². The van der Waals surface area contributed by atoms with Crippen molar-refractivity contribution in [3.63, 3.8) is 0 Å². The SMILES string of the molecule is CC(C)c1c[cH+]c(C(C)C)cc(C(C)C)c1. The zero-order chi connectivity index (χ0) is 12.3. The van der Waals surface area contributed by atoms with Crippen molar-refractivity contribution in [3.05, 3.63) is 41.0 Å². The van der Waals surface area contributed by atoms with Crippen LogP contribution in [0.15, 0.2) is 24.3 Å². The predicted molar refractivity (Wildman–Crippen MR) is 73.1 cm³/mol. The van der Waals surface area contributed by atoms with Gasteiger partial charge in [-0.3, -0.25) is 0 Å². The quantitative estimate of drug-likeness (QED) is 0.600. The largest absolute Gasteiger partial charge is 0.0628 e. The Balaban J connectivity index is 3.32. The van der Waals surface area contributed by atoms with Crippen molar-refractivity contribution in [3.8, 4) is 0 Å². The molecule has 0 aromatic heterocycles. The van der Waals surface area contributed by atoms with Gasteiger partial charge in [-0.15, -0.1) is 0 Å². The first kappa shape index (κ1) is 13.2. The molecule has 0 aliphatic rings. The highest BCUT2D eigenvalue weighted by Gasteiger charge is 2.12. The summed E-state index contributed by atoms with van der Waals surface area (Å²) >= 11 is 0. The Morgan fingerprint density at radius 1 is 0.750 bits per heavy atom. The predicted octanol–water partition coefficient (Wildman–Crippen LogP) is 5.34. The minimum atomic E-state index is 0.599. The van der Waals surface area contributed by atoms with E-state index in [2.05, 4.69) is 65.8 Å². The fourth-order valence-corrected chi connectivity index (χ4v) is 1.77. The fourth-order valence-electron chi connectivity index (χ4n) is 1.77. The first-order chi connectivity index (χ1) is 7.41. The molecule has 0 saturated heterocycles. The minimum absolute atomic E-state index is 0.599. The van der Waals surface area contributed by atoms with Gasteiger partial charge in [-0.25, -0.2) is 0 Å². The topological polar surface area (TPSA) is 0 Å². The van der Waals surface area contributed by atoms with Crippen LogP contribution in [0.4, 0.5) is 0 Å². The third-order valence-corrected chi connectivity index (χ3v) is 3.13. The van der Waals surface area contributed by atoms with Gasteiger partial charge in [0.15, 0.2) is 0 Å². The molecule has 0 N–H and O–H groups in total. The van der Waals surface area contributed by atoms with Crippen LogP contribution >= 0.6 is 0 Å². The molecule has 0 aliphatic carbocycles.